The van der Waals surface area contributed by atoms with Crippen molar-refractivity contribution in [2.24, 2.45) is 0 Å². The molecule has 0 unspecified atom stereocenters. The van der Waals surface area contributed by atoms with Gasteiger partial charge in [0.25, 0.3) is 0 Å². The molecular weight excluding hydrogens is 383 g/mol. The first-order valence-electron chi connectivity index (χ1n) is 8.57. The molecule has 0 aromatic heterocycles. The maximum atomic E-state index is 14.0. The molecule has 2 fully saturated rings. The molecule has 148 valence electrons. The number of hydrogen-bond acceptors (Lipinski definition) is 6. The zero-order valence-corrected chi connectivity index (χ0v) is 15.2. The van der Waals surface area contributed by atoms with Crippen LogP contribution in [0.1, 0.15) is 12.8 Å². The zero-order valence-electron chi connectivity index (χ0n) is 14.4. The van der Waals surface area contributed by atoms with Gasteiger partial charge < -0.3 is 20.3 Å². The van der Waals surface area contributed by atoms with E-state index >= 15 is 0 Å². The number of sulfonamides is 1. The Morgan fingerprint density at radius 1 is 1.26 bits per heavy atom. The van der Waals surface area contributed by atoms with Crippen LogP contribution in [-0.4, -0.2) is 78.9 Å². The maximum Gasteiger partial charge on any atom is 0.475 e. The van der Waals surface area contributed by atoms with Gasteiger partial charge in [-0.1, -0.05) is 0 Å². The van der Waals surface area contributed by atoms with Gasteiger partial charge in [0.05, 0.1) is 5.94 Å². The third kappa shape index (κ3) is 3.99. The van der Waals surface area contributed by atoms with Crippen molar-refractivity contribution in [2.45, 2.75) is 29.7 Å². The Kier molecular flexibility index (Phi) is 5.82. The Balaban J connectivity index is 1.78. The number of benzene rings is 1. The van der Waals surface area contributed by atoms with Gasteiger partial charge in [-0.05, 0) is 25.0 Å². The molecular formula is C15H20BF2N3O5S. The summed E-state index contributed by atoms with van der Waals surface area (Å²) < 4.78 is 53.4. The van der Waals surface area contributed by atoms with Gasteiger partial charge in [-0.25, -0.2) is 17.2 Å². The smallest absolute Gasteiger partial charge is 0.426 e. The molecule has 1 aromatic rings. The molecule has 0 spiro atoms. The average Bonchev–Trinajstić information content (AvgIpc) is 3.11. The van der Waals surface area contributed by atoms with Crippen molar-refractivity contribution in [1.82, 2.24) is 14.5 Å². The standard InChI is InChI=1S/C15H20BF2N3O5S/c17-10-3-4-13(11(18)8-10)27(25,26)20-7-5-19-12(9-20)15(22)21-6-1-2-14(21)16(23)24/h3-4,8,12,14,19,23-24H,1-2,5-7,9H2/t12-,14+/m1/s1. The minimum absolute atomic E-state index is 0.0228. The largest absolute Gasteiger partial charge is 0.475 e. The van der Waals surface area contributed by atoms with Crippen molar-refractivity contribution in [3.63, 3.8) is 0 Å². The van der Waals surface area contributed by atoms with E-state index in [0.717, 1.165) is 16.4 Å². The molecule has 2 aliphatic heterocycles. The molecule has 1 amide bonds. The summed E-state index contributed by atoms with van der Waals surface area (Å²) in [5, 5.41) is 21.7. The summed E-state index contributed by atoms with van der Waals surface area (Å²) in [6.07, 6.45) is 1.06. The monoisotopic (exact) mass is 403 g/mol. The normalized spacial score (nSPS) is 24.2. The van der Waals surface area contributed by atoms with Crippen molar-refractivity contribution >= 4 is 23.0 Å². The molecule has 12 heteroatoms. The summed E-state index contributed by atoms with van der Waals surface area (Å²) in [5.41, 5.74) is 0. The Bertz CT molecular complexity index is 826. The summed E-state index contributed by atoms with van der Waals surface area (Å²) in [4.78, 5) is 13.4. The van der Waals surface area contributed by atoms with Gasteiger partial charge in [-0.15, -0.1) is 0 Å². The van der Waals surface area contributed by atoms with E-state index in [-0.39, 0.29) is 19.6 Å². The van der Waals surface area contributed by atoms with Crippen molar-refractivity contribution in [2.75, 3.05) is 26.2 Å². The summed E-state index contributed by atoms with van der Waals surface area (Å²) >= 11 is 0. The van der Waals surface area contributed by atoms with E-state index in [1.165, 1.54) is 4.90 Å². The van der Waals surface area contributed by atoms with Crippen LogP contribution in [0.2, 0.25) is 0 Å². The van der Waals surface area contributed by atoms with Gasteiger partial charge in [0, 0.05) is 32.2 Å². The third-order valence-electron chi connectivity index (χ3n) is 4.87. The predicted octanol–water partition coefficient (Wildman–Crippen LogP) is -1.07. The van der Waals surface area contributed by atoms with Crippen LogP contribution in [0.15, 0.2) is 23.1 Å². The second kappa shape index (κ2) is 7.80. The fraction of sp³-hybridized carbons (Fsp3) is 0.533. The van der Waals surface area contributed by atoms with Crippen LogP contribution in [0.5, 0.6) is 0 Å². The number of piperazine rings is 1. The van der Waals surface area contributed by atoms with E-state index in [4.69, 9.17) is 0 Å². The summed E-state index contributed by atoms with van der Waals surface area (Å²) in [5.74, 6) is -3.26. The fourth-order valence-corrected chi connectivity index (χ4v) is 5.01. The number of nitrogens with zero attached hydrogens (tertiary/aromatic N) is 2. The quantitative estimate of drug-likeness (QED) is 0.553. The van der Waals surface area contributed by atoms with Gasteiger partial charge in [0.1, 0.15) is 22.6 Å². The molecule has 0 saturated carbocycles. The Hall–Kier alpha value is -1.60. The van der Waals surface area contributed by atoms with Gasteiger partial charge >= 0.3 is 7.12 Å². The van der Waals surface area contributed by atoms with E-state index in [1.54, 1.807) is 0 Å². The summed E-state index contributed by atoms with van der Waals surface area (Å²) in [6, 6.07) is 1.32. The molecule has 1 aromatic carbocycles. The van der Waals surface area contributed by atoms with Crippen molar-refractivity contribution in [1.29, 1.82) is 0 Å². The topological polar surface area (TPSA) is 110 Å². The van der Waals surface area contributed by atoms with Crippen LogP contribution < -0.4 is 5.32 Å². The number of rotatable bonds is 4. The number of nitrogens with one attached hydrogen (secondary N) is 1. The van der Waals surface area contributed by atoms with Crippen LogP contribution in [-0.2, 0) is 14.8 Å². The molecule has 2 aliphatic rings. The van der Waals surface area contributed by atoms with Gasteiger partial charge in [0.15, 0.2) is 0 Å². The lowest BCUT2D eigenvalue weighted by Gasteiger charge is -2.35. The molecule has 0 bridgehead atoms. The minimum Gasteiger partial charge on any atom is -0.426 e. The highest BCUT2D eigenvalue weighted by atomic mass is 32.2. The van der Waals surface area contributed by atoms with Gasteiger partial charge in [0.2, 0.25) is 15.9 Å². The lowest BCUT2D eigenvalue weighted by Crippen LogP contribution is -2.60. The lowest BCUT2D eigenvalue weighted by molar-refractivity contribution is -0.134. The first-order valence-corrected chi connectivity index (χ1v) is 10.0. The van der Waals surface area contributed by atoms with E-state index in [9.17, 15) is 32.0 Å². The number of hydrogen-bond donors (Lipinski definition) is 3. The Labute approximate surface area is 156 Å². The molecule has 3 N–H and O–H groups in total. The molecule has 2 atom stereocenters. The minimum atomic E-state index is -4.25. The van der Waals surface area contributed by atoms with Crippen LogP contribution in [0.4, 0.5) is 8.78 Å². The highest BCUT2D eigenvalue weighted by Gasteiger charge is 2.42. The van der Waals surface area contributed by atoms with E-state index in [2.05, 4.69) is 5.32 Å². The number of likely N-dealkylation sites (tertiary alicyclic amines) is 1. The van der Waals surface area contributed by atoms with E-state index in [0.29, 0.717) is 25.5 Å². The molecule has 0 radical (unpaired) electrons. The molecule has 27 heavy (non-hydrogen) atoms. The second-order valence-electron chi connectivity index (χ2n) is 6.60. The highest BCUT2D eigenvalue weighted by Crippen LogP contribution is 2.23. The van der Waals surface area contributed by atoms with E-state index in [1.807, 2.05) is 0 Å². The van der Waals surface area contributed by atoms with Gasteiger partial charge in [-0.2, -0.15) is 4.31 Å². The maximum absolute atomic E-state index is 14.0. The van der Waals surface area contributed by atoms with Crippen LogP contribution >= 0.6 is 0 Å². The van der Waals surface area contributed by atoms with Crippen LogP contribution in [0, 0.1) is 11.6 Å². The zero-order chi connectivity index (χ0) is 19.8. The first kappa shape index (κ1) is 20.1. The Morgan fingerprint density at radius 2 is 2.00 bits per heavy atom. The highest BCUT2D eigenvalue weighted by molar-refractivity contribution is 7.89. The van der Waals surface area contributed by atoms with E-state index < -0.39 is 51.6 Å². The molecule has 3 rings (SSSR count). The fourth-order valence-electron chi connectivity index (χ4n) is 3.51. The molecule has 0 aliphatic carbocycles. The SMILES string of the molecule is O=C([C@H]1CN(S(=O)(=O)c2ccc(F)cc2F)CCN1)N1CCC[C@H]1B(O)O. The number of amides is 1. The van der Waals surface area contributed by atoms with Gasteiger partial charge in [-0.3, -0.25) is 4.79 Å². The Morgan fingerprint density at radius 3 is 2.67 bits per heavy atom. The predicted molar refractivity (Wildman–Crippen MR) is 91.8 cm³/mol. The summed E-state index contributed by atoms with van der Waals surface area (Å²) in [6.45, 7) is 0.301. The average molecular weight is 403 g/mol. The number of carbonyl (C=O) groups is 1. The molecule has 2 heterocycles. The molecule has 8 nitrogen and oxygen atoms in total. The van der Waals surface area contributed by atoms with Crippen molar-refractivity contribution < 1.29 is 32.0 Å². The first-order chi connectivity index (χ1) is 12.7. The van der Waals surface area contributed by atoms with Crippen LogP contribution in [0.3, 0.4) is 0 Å². The summed E-state index contributed by atoms with van der Waals surface area (Å²) in [7, 11) is -5.92. The second-order valence-corrected chi connectivity index (χ2v) is 8.51. The number of halogens is 2. The number of carbonyl (C=O) groups excluding carboxylic acids is 1. The molecule has 2 saturated heterocycles. The van der Waals surface area contributed by atoms with Crippen molar-refractivity contribution in [3.05, 3.63) is 29.8 Å². The van der Waals surface area contributed by atoms with Crippen molar-refractivity contribution in [3.8, 4) is 0 Å². The lowest BCUT2D eigenvalue weighted by atomic mass is 9.77. The third-order valence-corrected chi connectivity index (χ3v) is 6.77. The van der Waals surface area contributed by atoms with Crippen LogP contribution in [0.25, 0.3) is 0 Å².